The molecule has 3 heteroatoms. The van der Waals surface area contributed by atoms with Crippen LogP contribution in [0.2, 0.25) is 0 Å². The van der Waals surface area contributed by atoms with E-state index in [0.717, 1.165) is 11.0 Å². The van der Waals surface area contributed by atoms with Gasteiger partial charge in [-0.1, -0.05) is 121 Å². The second-order valence-corrected chi connectivity index (χ2v) is 9.41. The average Bonchev–Trinajstić information content (AvgIpc) is 2.74. The Morgan fingerprint density at radius 2 is 1.07 bits per heavy atom. The summed E-state index contributed by atoms with van der Waals surface area (Å²) in [6.45, 7) is 7.19. The molecule has 0 bridgehead atoms. The van der Waals surface area contributed by atoms with E-state index in [1.807, 2.05) is 12.4 Å². The predicted molar refractivity (Wildman–Crippen MR) is 133 cm³/mol. The van der Waals surface area contributed by atoms with Crippen LogP contribution >= 0.6 is 0 Å². The minimum atomic E-state index is 0.625. The molecule has 0 fully saturated rings. The Labute approximate surface area is 188 Å². The molecule has 0 saturated heterocycles. The van der Waals surface area contributed by atoms with Gasteiger partial charge < -0.3 is 9.69 Å². The van der Waals surface area contributed by atoms with Gasteiger partial charge in [-0.15, -0.1) is 0 Å². The minimum Gasteiger partial charge on any atom is -0.325 e. The van der Waals surface area contributed by atoms with Crippen molar-refractivity contribution >= 4 is 0 Å². The van der Waals surface area contributed by atoms with Crippen LogP contribution in [-0.2, 0) is 6.54 Å². The van der Waals surface area contributed by atoms with Gasteiger partial charge in [-0.3, -0.25) is 0 Å². The average molecular weight is 422 g/mol. The lowest BCUT2D eigenvalue weighted by Gasteiger charge is -2.30. The summed E-state index contributed by atoms with van der Waals surface area (Å²) in [6.07, 6.45) is 20.2. The highest BCUT2D eigenvalue weighted by Crippen LogP contribution is 2.14. The minimum absolute atomic E-state index is 0.625. The van der Waals surface area contributed by atoms with Gasteiger partial charge in [-0.25, -0.2) is 5.48 Å². The van der Waals surface area contributed by atoms with Crippen molar-refractivity contribution in [2.75, 3.05) is 27.2 Å². The molecule has 1 aromatic carbocycles. The highest BCUT2D eigenvalue weighted by atomic mass is 16.5. The molecule has 0 aromatic heterocycles. The van der Waals surface area contributed by atoms with Crippen LogP contribution < -0.4 is 5.48 Å². The number of benzene rings is 1. The van der Waals surface area contributed by atoms with Crippen LogP contribution in [-0.4, -0.2) is 36.9 Å². The molecule has 0 aliphatic heterocycles. The SMILES string of the molecule is CCCCCCCCCCCCCCCC[N+](C)(C)Cc1ccccc1.CCNO. The molecule has 0 heterocycles. The van der Waals surface area contributed by atoms with Crippen LogP contribution in [0, 0.1) is 0 Å². The normalized spacial score (nSPS) is 11.2. The molecule has 176 valence electrons. The Bertz CT molecular complexity index is 445. The van der Waals surface area contributed by atoms with Gasteiger partial charge in [0.25, 0.3) is 0 Å². The summed E-state index contributed by atoms with van der Waals surface area (Å²) in [6, 6.07) is 10.9. The predicted octanol–water partition coefficient (Wildman–Crippen LogP) is 7.73. The van der Waals surface area contributed by atoms with Gasteiger partial charge in [-0.2, -0.15) is 0 Å². The molecule has 0 amide bonds. The number of unbranched alkanes of at least 4 members (excludes halogenated alkanes) is 13. The maximum absolute atomic E-state index is 7.62. The Hall–Kier alpha value is -0.900. The molecule has 1 rings (SSSR count). The van der Waals surface area contributed by atoms with Crippen molar-refractivity contribution in [1.29, 1.82) is 0 Å². The van der Waals surface area contributed by atoms with Crippen LogP contribution in [0.1, 0.15) is 109 Å². The van der Waals surface area contributed by atoms with Gasteiger partial charge in [0.1, 0.15) is 6.54 Å². The Morgan fingerprint density at radius 1 is 0.667 bits per heavy atom. The monoisotopic (exact) mass is 421 g/mol. The van der Waals surface area contributed by atoms with Gasteiger partial charge in [0.05, 0.1) is 20.6 Å². The second-order valence-electron chi connectivity index (χ2n) is 9.41. The molecule has 1 aromatic rings. The number of nitrogens with one attached hydrogen (secondary N) is 1. The molecular formula is C27H53N2O+. The number of rotatable bonds is 18. The van der Waals surface area contributed by atoms with E-state index in [0.29, 0.717) is 6.54 Å². The van der Waals surface area contributed by atoms with Crippen molar-refractivity contribution in [3.63, 3.8) is 0 Å². The van der Waals surface area contributed by atoms with Crippen molar-refractivity contribution in [3.05, 3.63) is 35.9 Å². The van der Waals surface area contributed by atoms with E-state index < -0.39 is 0 Å². The summed E-state index contributed by atoms with van der Waals surface area (Å²) < 4.78 is 1.11. The number of hydroxylamine groups is 1. The van der Waals surface area contributed by atoms with E-state index in [1.54, 1.807) is 0 Å². The number of hydrogen-bond donors (Lipinski definition) is 2. The Balaban J connectivity index is 0.00000192. The third-order valence-electron chi connectivity index (χ3n) is 5.73. The van der Waals surface area contributed by atoms with Gasteiger partial charge in [-0.05, 0) is 12.8 Å². The zero-order valence-electron chi connectivity index (χ0n) is 20.8. The third-order valence-corrected chi connectivity index (χ3v) is 5.73. The van der Waals surface area contributed by atoms with Crippen molar-refractivity contribution < 1.29 is 9.69 Å². The van der Waals surface area contributed by atoms with Crippen molar-refractivity contribution in [3.8, 4) is 0 Å². The lowest BCUT2D eigenvalue weighted by Crippen LogP contribution is -2.39. The summed E-state index contributed by atoms with van der Waals surface area (Å²) in [5.74, 6) is 0. The fourth-order valence-electron chi connectivity index (χ4n) is 3.89. The highest BCUT2D eigenvalue weighted by Gasteiger charge is 2.14. The van der Waals surface area contributed by atoms with Crippen molar-refractivity contribution in [1.82, 2.24) is 5.48 Å². The van der Waals surface area contributed by atoms with Crippen LogP contribution in [0.25, 0.3) is 0 Å². The first kappa shape index (κ1) is 29.1. The molecule has 0 spiro atoms. The molecule has 0 unspecified atom stereocenters. The van der Waals surface area contributed by atoms with Crippen LogP contribution in [0.5, 0.6) is 0 Å². The van der Waals surface area contributed by atoms with Gasteiger partial charge in [0.15, 0.2) is 0 Å². The molecule has 2 N–H and O–H groups in total. The van der Waals surface area contributed by atoms with E-state index >= 15 is 0 Å². The smallest absolute Gasteiger partial charge is 0.104 e. The van der Waals surface area contributed by atoms with Crippen molar-refractivity contribution in [2.24, 2.45) is 0 Å². The van der Waals surface area contributed by atoms with Gasteiger partial charge in [0, 0.05) is 12.1 Å². The summed E-state index contributed by atoms with van der Waals surface area (Å²) in [4.78, 5) is 0. The molecule has 30 heavy (non-hydrogen) atoms. The first-order chi connectivity index (χ1) is 14.6. The molecule has 0 aliphatic rings. The zero-order chi connectivity index (χ0) is 22.3. The van der Waals surface area contributed by atoms with Crippen LogP contribution in [0.4, 0.5) is 0 Å². The maximum atomic E-state index is 7.62. The zero-order valence-corrected chi connectivity index (χ0v) is 20.8. The third kappa shape index (κ3) is 20.4. The Morgan fingerprint density at radius 3 is 1.47 bits per heavy atom. The van der Waals surface area contributed by atoms with Crippen molar-refractivity contribution in [2.45, 2.75) is 110 Å². The number of quaternary nitrogens is 1. The first-order valence-electron chi connectivity index (χ1n) is 12.8. The largest absolute Gasteiger partial charge is 0.325 e. The quantitative estimate of drug-likeness (QED) is 0.144. The standard InChI is InChI=1S/C25H46N.C2H7NO/c1-4-5-6-7-8-9-10-11-12-13-14-15-16-20-23-26(2,3)24-25-21-18-17-19-22-25;1-2-3-4/h17-19,21-22H,4-16,20,23-24H2,1-3H3;3-4H,2H2,1H3/q+1;. The fourth-order valence-corrected chi connectivity index (χ4v) is 3.89. The van der Waals surface area contributed by atoms with E-state index in [9.17, 15) is 0 Å². The van der Waals surface area contributed by atoms with E-state index in [-0.39, 0.29) is 0 Å². The molecular weight excluding hydrogens is 368 g/mol. The summed E-state index contributed by atoms with van der Waals surface area (Å²) in [5, 5.41) is 7.62. The number of hydrogen-bond acceptors (Lipinski definition) is 2. The van der Waals surface area contributed by atoms with Crippen LogP contribution in [0.3, 0.4) is 0 Å². The highest BCUT2D eigenvalue weighted by molar-refractivity contribution is 5.13. The molecule has 0 radical (unpaired) electrons. The summed E-state index contributed by atoms with van der Waals surface area (Å²) >= 11 is 0. The van der Waals surface area contributed by atoms with E-state index in [1.165, 1.54) is 102 Å². The number of nitrogens with zero attached hydrogens (tertiary/aromatic N) is 1. The maximum Gasteiger partial charge on any atom is 0.104 e. The second kappa shape index (κ2) is 21.3. The molecule has 0 atom stereocenters. The van der Waals surface area contributed by atoms with E-state index in [2.05, 4.69) is 51.4 Å². The summed E-state index contributed by atoms with van der Waals surface area (Å²) in [7, 11) is 4.74. The topological polar surface area (TPSA) is 32.3 Å². The van der Waals surface area contributed by atoms with Crippen LogP contribution in [0.15, 0.2) is 30.3 Å². The lowest BCUT2D eigenvalue weighted by atomic mass is 10.0. The summed E-state index contributed by atoms with van der Waals surface area (Å²) in [5.41, 5.74) is 3.39. The van der Waals surface area contributed by atoms with E-state index in [4.69, 9.17) is 5.21 Å². The Kier molecular flexibility index (Phi) is 20.7. The molecule has 0 aliphatic carbocycles. The molecule has 3 nitrogen and oxygen atoms in total. The lowest BCUT2D eigenvalue weighted by molar-refractivity contribution is -0.903. The van der Waals surface area contributed by atoms with Gasteiger partial charge >= 0.3 is 0 Å². The first-order valence-corrected chi connectivity index (χ1v) is 12.8. The molecule has 0 saturated carbocycles. The van der Waals surface area contributed by atoms with Gasteiger partial charge in [0.2, 0.25) is 0 Å². The fraction of sp³-hybridized carbons (Fsp3) is 0.778.